The van der Waals surface area contributed by atoms with E-state index in [1.807, 2.05) is 29.2 Å². The molecule has 2 N–H and O–H groups in total. The van der Waals surface area contributed by atoms with Gasteiger partial charge in [-0.05, 0) is 36.4 Å². The Morgan fingerprint density at radius 2 is 1.93 bits per heavy atom. The van der Waals surface area contributed by atoms with Gasteiger partial charge in [-0.25, -0.2) is 4.39 Å². The molecular weight excluding hydrogens is 369 g/mol. The number of carboxylic acid groups (broad SMARTS) is 1. The molecule has 3 aromatic rings. The van der Waals surface area contributed by atoms with Crippen LogP contribution in [0.2, 0.25) is 5.02 Å². The minimum atomic E-state index is -0.906. The summed E-state index contributed by atoms with van der Waals surface area (Å²) in [5, 5.41) is 11.3. The number of rotatable bonds is 4. The lowest BCUT2D eigenvalue weighted by Crippen LogP contribution is -2.49. The number of aromatic amines is 1. The van der Waals surface area contributed by atoms with E-state index in [0.717, 1.165) is 11.1 Å². The van der Waals surface area contributed by atoms with Crippen LogP contribution in [0.1, 0.15) is 11.6 Å². The van der Waals surface area contributed by atoms with Crippen LogP contribution in [0.5, 0.6) is 0 Å². The molecule has 1 aromatic heterocycles. The topological polar surface area (TPSA) is 59.6 Å². The van der Waals surface area contributed by atoms with E-state index in [4.69, 9.17) is 11.6 Å². The molecule has 0 unspecified atom stereocenters. The average Bonchev–Trinajstić information content (AvgIpc) is 3.05. The van der Waals surface area contributed by atoms with Crippen molar-refractivity contribution in [3.05, 3.63) is 65.1 Å². The Hall–Kier alpha value is -2.57. The molecular formula is C20H19ClFN3O2. The number of anilines is 1. The number of nitrogens with zero attached hydrogens (tertiary/aromatic N) is 2. The van der Waals surface area contributed by atoms with Crippen molar-refractivity contribution in [3.8, 4) is 0 Å². The van der Waals surface area contributed by atoms with E-state index >= 15 is 0 Å². The predicted octanol–water partition coefficient (Wildman–Crippen LogP) is 3.91. The zero-order chi connectivity index (χ0) is 19.0. The summed E-state index contributed by atoms with van der Waals surface area (Å²) in [6.07, 6.45) is 1.67. The highest BCUT2D eigenvalue weighted by atomic mass is 35.5. The van der Waals surface area contributed by atoms with Gasteiger partial charge in [-0.2, -0.15) is 0 Å². The number of benzene rings is 2. The fourth-order valence-electron chi connectivity index (χ4n) is 3.74. The van der Waals surface area contributed by atoms with Gasteiger partial charge in [0.2, 0.25) is 0 Å². The largest absolute Gasteiger partial charge is 0.480 e. The third kappa shape index (κ3) is 3.50. The summed E-state index contributed by atoms with van der Waals surface area (Å²) < 4.78 is 13.4. The summed E-state index contributed by atoms with van der Waals surface area (Å²) in [4.78, 5) is 19.2. The Morgan fingerprint density at radius 3 is 2.63 bits per heavy atom. The van der Waals surface area contributed by atoms with Gasteiger partial charge in [-0.3, -0.25) is 9.69 Å². The first kappa shape index (κ1) is 17.8. The Kier molecular flexibility index (Phi) is 4.76. The number of aromatic nitrogens is 1. The second kappa shape index (κ2) is 7.21. The molecule has 2 aromatic carbocycles. The number of carboxylic acids is 1. The Morgan fingerprint density at radius 1 is 1.15 bits per heavy atom. The third-order valence-corrected chi connectivity index (χ3v) is 5.29. The van der Waals surface area contributed by atoms with Crippen LogP contribution < -0.4 is 4.90 Å². The molecule has 5 nitrogen and oxygen atoms in total. The van der Waals surface area contributed by atoms with E-state index in [9.17, 15) is 14.3 Å². The summed E-state index contributed by atoms with van der Waals surface area (Å²) in [5.41, 5.74) is 2.30. The molecule has 0 amide bonds. The van der Waals surface area contributed by atoms with Crippen molar-refractivity contribution in [2.75, 3.05) is 31.1 Å². The number of nitrogens with one attached hydrogen (secondary N) is 1. The molecule has 27 heavy (non-hydrogen) atoms. The molecule has 0 radical (unpaired) electrons. The normalized spacial score (nSPS) is 16.6. The van der Waals surface area contributed by atoms with Crippen molar-refractivity contribution in [1.29, 1.82) is 0 Å². The van der Waals surface area contributed by atoms with Crippen LogP contribution in [0, 0.1) is 5.82 Å². The van der Waals surface area contributed by atoms with E-state index in [1.54, 1.807) is 12.3 Å². The fraction of sp³-hybridized carbons (Fsp3) is 0.250. The summed E-state index contributed by atoms with van der Waals surface area (Å²) in [7, 11) is 0. The highest BCUT2D eigenvalue weighted by molar-refractivity contribution is 6.30. The van der Waals surface area contributed by atoms with Gasteiger partial charge in [0.1, 0.15) is 11.9 Å². The van der Waals surface area contributed by atoms with E-state index in [2.05, 4.69) is 9.88 Å². The maximum Gasteiger partial charge on any atom is 0.325 e. The van der Waals surface area contributed by atoms with Gasteiger partial charge in [0.15, 0.2) is 0 Å². The van der Waals surface area contributed by atoms with Crippen molar-refractivity contribution >= 4 is 34.2 Å². The molecule has 0 spiro atoms. The van der Waals surface area contributed by atoms with Gasteiger partial charge in [0, 0.05) is 59.6 Å². The predicted molar refractivity (Wildman–Crippen MR) is 104 cm³/mol. The fourth-order valence-corrected chi connectivity index (χ4v) is 3.93. The van der Waals surface area contributed by atoms with Gasteiger partial charge in [-0.15, -0.1) is 0 Å². The number of fused-ring (bicyclic) bond motifs is 1. The molecule has 140 valence electrons. The highest BCUT2D eigenvalue weighted by Gasteiger charge is 2.32. The lowest BCUT2D eigenvalue weighted by Gasteiger charge is -2.38. The zero-order valence-electron chi connectivity index (χ0n) is 14.5. The van der Waals surface area contributed by atoms with E-state index in [0.29, 0.717) is 42.3 Å². The van der Waals surface area contributed by atoms with Gasteiger partial charge in [-0.1, -0.05) is 17.7 Å². The summed E-state index contributed by atoms with van der Waals surface area (Å²) in [6, 6.07) is 11.3. The lowest BCUT2D eigenvalue weighted by molar-refractivity contribution is -0.143. The molecule has 4 rings (SSSR count). The standard InChI is InChI=1S/C20H19ClFN3O2/c21-13-2-1-3-15(10-13)24-6-8-25(9-7-24)19(20(26)27)17-12-23-18-11-14(22)4-5-16(17)18/h1-5,10-12,19,23H,6-9H2,(H,26,27)/t19-/m1/s1. The molecule has 0 bridgehead atoms. The Labute approximate surface area is 161 Å². The van der Waals surface area contributed by atoms with Crippen LogP contribution in [0.4, 0.5) is 10.1 Å². The molecule has 1 saturated heterocycles. The maximum absolute atomic E-state index is 13.4. The first-order valence-corrected chi connectivity index (χ1v) is 9.14. The van der Waals surface area contributed by atoms with E-state index in [1.165, 1.54) is 12.1 Å². The number of aliphatic carboxylic acids is 1. The lowest BCUT2D eigenvalue weighted by atomic mass is 10.0. The number of hydrogen-bond acceptors (Lipinski definition) is 3. The molecule has 1 aliphatic rings. The number of piperazine rings is 1. The molecule has 1 fully saturated rings. The molecule has 0 aliphatic carbocycles. The molecule has 7 heteroatoms. The SMILES string of the molecule is O=C(O)[C@@H](c1c[nH]c2cc(F)ccc12)N1CCN(c2cccc(Cl)c2)CC1. The van der Waals surface area contributed by atoms with Crippen LogP contribution in [0.15, 0.2) is 48.7 Å². The van der Waals surface area contributed by atoms with Gasteiger partial charge in [0.05, 0.1) is 0 Å². The Balaban J connectivity index is 1.56. The third-order valence-electron chi connectivity index (χ3n) is 5.06. The van der Waals surface area contributed by atoms with Crippen LogP contribution in [0.3, 0.4) is 0 Å². The van der Waals surface area contributed by atoms with Gasteiger partial charge in [0.25, 0.3) is 0 Å². The van der Waals surface area contributed by atoms with Crippen molar-refractivity contribution in [2.24, 2.45) is 0 Å². The molecule has 1 atom stereocenters. The minimum absolute atomic E-state index is 0.349. The van der Waals surface area contributed by atoms with E-state index < -0.39 is 12.0 Å². The van der Waals surface area contributed by atoms with Crippen molar-refractivity contribution in [3.63, 3.8) is 0 Å². The molecule has 2 heterocycles. The number of carbonyl (C=O) groups is 1. The van der Waals surface area contributed by atoms with Crippen molar-refractivity contribution in [1.82, 2.24) is 9.88 Å². The second-order valence-electron chi connectivity index (χ2n) is 6.68. The van der Waals surface area contributed by atoms with E-state index in [-0.39, 0.29) is 5.82 Å². The Bertz CT molecular complexity index is 982. The minimum Gasteiger partial charge on any atom is -0.480 e. The summed E-state index contributed by atoms with van der Waals surface area (Å²) >= 11 is 6.07. The number of hydrogen-bond donors (Lipinski definition) is 2. The van der Waals surface area contributed by atoms with Crippen LogP contribution >= 0.6 is 11.6 Å². The molecule has 0 saturated carbocycles. The second-order valence-corrected chi connectivity index (χ2v) is 7.11. The van der Waals surface area contributed by atoms with Crippen molar-refractivity contribution < 1.29 is 14.3 Å². The average molecular weight is 388 g/mol. The van der Waals surface area contributed by atoms with Crippen LogP contribution in [-0.4, -0.2) is 47.1 Å². The summed E-state index contributed by atoms with van der Waals surface area (Å²) in [5.74, 6) is -1.26. The number of H-pyrrole nitrogens is 1. The van der Waals surface area contributed by atoms with Gasteiger partial charge < -0.3 is 15.0 Å². The first-order valence-electron chi connectivity index (χ1n) is 8.77. The molecule has 1 aliphatic heterocycles. The smallest absolute Gasteiger partial charge is 0.325 e. The van der Waals surface area contributed by atoms with Crippen LogP contribution in [-0.2, 0) is 4.79 Å². The van der Waals surface area contributed by atoms with Crippen LogP contribution in [0.25, 0.3) is 10.9 Å². The monoisotopic (exact) mass is 387 g/mol. The van der Waals surface area contributed by atoms with Gasteiger partial charge >= 0.3 is 5.97 Å². The van der Waals surface area contributed by atoms with Crippen molar-refractivity contribution in [2.45, 2.75) is 6.04 Å². The quantitative estimate of drug-likeness (QED) is 0.712. The first-order chi connectivity index (χ1) is 13.0. The highest BCUT2D eigenvalue weighted by Crippen LogP contribution is 2.31. The summed E-state index contributed by atoms with van der Waals surface area (Å²) in [6.45, 7) is 2.64. The zero-order valence-corrected chi connectivity index (χ0v) is 15.3. The maximum atomic E-state index is 13.4. The number of halogens is 2.